The Kier molecular flexibility index (Phi) is 4.54. The number of halogens is 3. The highest BCUT2D eigenvalue weighted by molar-refractivity contribution is 5.95. The molecule has 5 heteroatoms. The number of benzene rings is 2. The molecule has 0 N–H and O–H groups in total. The van der Waals surface area contributed by atoms with Crippen molar-refractivity contribution in [2.45, 2.75) is 26.2 Å². The van der Waals surface area contributed by atoms with Gasteiger partial charge in [0, 0.05) is 24.5 Å². The molecular formula is C17H15F3O2. The van der Waals surface area contributed by atoms with E-state index in [1.807, 2.05) is 0 Å². The van der Waals surface area contributed by atoms with E-state index in [0.717, 1.165) is 13.0 Å². The Labute approximate surface area is 126 Å². The molecule has 0 amide bonds. The summed E-state index contributed by atoms with van der Waals surface area (Å²) in [4.78, 5) is 11.5. The number of carbonyl (C=O) groups excluding carboxylic acids is 1. The van der Waals surface area contributed by atoms with Gasteiger partial charge in [-0.15, -0.1) is 0 Å². The first-order valence-electron chi connectivity index (χ1n) is 6.80. The molecule has 2 nitrogen and oxygen atoms in total. The van der Waals surface area contributed by atoms with Crippen LogP contribution in [0, 0.1) is 5.82 Å². The molecule has 0 aliphatic rings. The quantitative estimate of drug-likeness (QED) is 0.698. The fraction of sp³-hybridized carbons (Fsp3) is 0.235. The Bertz CT molecular complexity index is 673. The Morgan fingerprint density at radius 1 is 1.14 bits per heavy atom. The first-order chi connectivity index (χ1) is 10.3. The van der Waals surface area contributed by atoms with Crippen molar-refractivity contribution >= 4 is 5.78 Å². The van der Waals surface area contributed by atoms with Crippen LogP contribution in [0.1, 0.15) is 36.2 Å². The van der Waals surface area contributed by atoms with Crippen LogP contribution in [0.4, 0.5) is 13.2 Å². The summed E-state index contributed by atoms with van der Waals surface area (Å²) in [5.74, 6) is -3.61. The number of alkyl halides is 2. The highest BCUT2D eigenvalue weighted by atomic mass is 19.3. The fourth-order valence-electron chi connectivity index (χ4n) is 1.90. The summed E-state index contributed by atoms with van der Waals surface area (Å²) >= 11 is 0. The zero-order chi connectivity index (χ0) is 16.3. The molecule has 2 aromatic carbocycles. The lowest BCUT2D eigenvalue weighted by molar-refractivity contribution is 0.0174. The molecule has 0 aliphatic heterocycles. The van der Waals surface area contributed by atoms with E-state index < -0.39 is 11.7 Å². The van der Waals surface area contributed by atoms with Gasteiger partial charge in [0.05, 0.1) is 0 Å². The number of ether oxygens (including phenoxy) is 1. The minimum absolute atomic E-state index is 0.0661. The van der Waals surface area contributed by atoms with Gasteiger partial charge >= 0.3 is 0 Å². The van der Waals surface area contributed by atoms with Crippen molar-refractivity contribution in [1.82, 2.24) is 0 Å². The van der Waals surface area contributed by atoms with E-state index in [4.69, 9.17) is 4.74 Å². The molecule has 22 heavy (non-hydrogen) atoms. The van der Waals surface area contributed by atoms with Gasteiger partial charge in [-0.2, -0.15) is 0 Å². The van der Waals surface area contributed by atoms with E-state index >= 15 is 0 Å². The maximum atomic E-state index is 13.9. The topological polar surface area (TPSA) is 26.3 Å². The van der Waals surface area contributed by atoms with Crippen molar-refractivity contribution in [3.8, 4) is 11.5 Å². The van der Waals surface area contributed by atoms with Gasteiger partial charge in [-0.3, -0.25) is 4.79 Å². The zero-order valence-corrected chi connectivity index (χ0v) is 12.2. The third-order valence-corrected chi connectivity index (χ3v) is 3.16. The van der Waals surface area contributed by atoms with E-state index in [1.165, 1.54) is 36.4 Å². The Morgan fingerprint density at radius 3 is 2.27 bits per heavy atom. The van der Waals surface area contributed by atoms with Gasteiger partial charge in [-0.1, -0.05) is 6.92 Å². The lowest BCUT2D eigenvalue weighted by atomic mass is 10.1. The summed E-state index contributed by atoms with van der Waals surface area (Å²) in [6.07, 6.45) is 0.284. The fourth-order valence-corrected chi connectivity index (χ4v) is 1.90. The SMILES string of the molecule is CCC(=O)c1ccc(Oc2ccc(C(C)(F)F)cc2)c(F)c1. The molecule has 0 bridgehead atoms. The van der Waals surface area contributed by atoms with E-state index in [2.05, 4.69) is 0 Å². The number of hydrogen-bond donors (Lipinski definition) is 0. The molecule has 0 radical (unpaired) electrons. The maximum absolute atomic E-state index is 13.9. The predicted octanol–water partition coefficient (Wildman–Crippen LogP) is 5.32. The summed E-state index contributed by atoms with van der Waals surface area (Å²) < 4.78 is 45.4. The molecule has 0 saturated carbocycles. The largest absolute Gasteiger partial charge is 0.454 e. The second-order valence-electron chi connectivity index (χ2n) is 4.94. The number of carbonyl (C=O) groups is 1. The van der Waals surface area contributed by atoms with Crippen LogP contribution in [0.3, 0.4) is 0 Å². The smallest absolute Gasteiger partial charge is 0.270 e. The lowest BCUT2D eigenvalue weighted by Gasteiger charge is -2.12. The van der Waals surface area contributed by atoms with Gasteiger partial charge in [0.25, 0.3) is 5.92 Å². The highest BCUT2D eigenvalue weighted by Gasteiger charge is 2.23. The van der Waals surface area contributed by atoms with Crippen LogP contribution < -0.4 is 4.74 Å². The van der Waals surface area contributed by atoms with Crippen LogP contribution in [0.15, 0.2) is 42.5 Å². The molecule has 0 spiro atoms. The lowest BCUT2D eigenvalue weighted by Crippen LogP contribution is -2.06. The van der Waals surface area contributed by atoms with Crippen LogP contribution in [-0.2, 0) is 5.92 Å². The number of hydrogen-bond acceptors (Lipinski definition) is 2. The van der Waals surface area contributed by atoms with Crippen LogP contribution in [0.5, 0.6) is 11.5 Å². The Hall–Kier alpha value is -2.30. The minimum atomic E-state index is -2.94. The first-order valence-corrected chi connectivity index (χ1v) is 6.80. The van der Waals surface area contributed by atoms with E-state index in [9.17, 15) is 18.0 Å². The average Bonchev–Trinajstić information content (AvgIpc) is 2.48. The second-order valence-corrected chi connectivity index (χ2v) is 4.94. The van der Waals surface area contributed by atoms with E-state index in [-0.39, 0.29) is 34.8 Å². The predicted molar refractivity (Wildman–Crippen MR) is 77.1 cm³/mol. The van der Waals surface area contributed by atoms with Crippen molar-refractivity contribution in [3.05, 3.63) is 59.4 Å². The standard InChI is InChI=1S/C17H15F3O2/c1-3-15(21)11-4-9-16(14(18)10-11)22-13-7-5-12(6-8-13)17(2,19)20/h4-10H,3H2,1-2H3. The van der Waals surface area contributed by atoms with Crippen LogP contribution in [0.2, 0.25) is 0 Å². The monoisotopic (exact) mass is 308 g/mol. The third-order valence-electron chi connectivity index (χ3n) is 3.16. The Balaban J connectivity index is 2.19. The molecule has 0 aliphatic carbocycles. The summed E-state index contributed by atoms with van der Waals surface area (Å²) in [6, 6.07) is 9.06. The van der Waals surface area contributed by atoms with Gasteiger partial charge in [0.15, 0.2) is 17.3 Å². The van der Waals surface area contributed by atoms with Crippen molar-refractivity contribution in [2.24, 2.45) is 0 Å². The molecule has 0 saturated heterocycles. The summed E-state index contributed by atoms with van der Waals surface area (Å²) in [7, 11) is 0. The Morgan fingerprint density at radius 2 is 1.77 bits per heavy atom. The number of ketones is 1. The molecule has 0 fully saturated rings. The first kappa shape index (κ1) is 16.1. The van der Waals surface area contributed by atoms with Crippen molar-refractivity contribution in [1.29, 1.82) is 0 Å². The molecule has 2 rings (SSSR count). The number of Topliss-reactive ketones (excluding diaryl/α,β-unsaturated/α-hetero) is 1. The molecule has 116 valence electrons. The van der Waals surface area contributed by atoms with Gasteiger partial charge < -0.3 is 4.74 Å². The maximum Gasteiger partial charge on any atom is 0.270 e. The summed E-state index contributed by atoms with van der Waals surface area (Å²) in [6.45, 7) is 2.49. The molecule has 0 atom stereocenters. The van der Waals surface area contributed by atoms with Gasteiger partial charge in [0.2, 0.25) is 0 Å². The molecule has 0 heterocycles. The molecule has 0 unspecified atom stereocenters. The third kappa shape index (κ3) is 3.67. The highest BCUT2D eigenvalue weighted by Crippen LogP contribution is 2.30. The van der Waals surface area contributed by atoms with E-state index in [1.54, 1.807) is 6.92 Å². The van der Waals surface area contributed by atoms with Gasteiger partial charge in [-0.25, -0.2) is 13.2 Å². The van der Waals surface area contributed by atoms with Crippen LogP contribution in [0.25, 0.3) is 0 Å². The molecule has 0 aromatic heterocycles. The molecular weight excluding hydrogens is 293 g/mol. The van der Waals surface area contributed by atoms with Crippen LogP contribution in [-0.4, -0.2) is 5.78 Å². The minimum Gasteiger partial charge on any atom is -0.454 e. The van der Waals surface area contributed by atoms with Crippen molar-refractivity contribution in [3.63, 3.8) is 0 Å². The zero-order valence-electron chi connectivity index (χ0n) is 12.2. The summed E-state index contributed by atoms with van der Waals surface area (Å²) in [5, 5.41) is 0. The second kappa shape index (κ2) is 6.22. The van der Waals surface area contributed by atoms with Crippen molar-refractivity contribution < 1.29 is 22.7 Å². The van der Waals surface area contributed by atoms with Crippen molar-refractivity contribution in [2.75, 3.05) is 0 Å². The van der Waals surface area contributed by atoms with Crippen LogP contribution >= 0.6 is 0 Å². The normalized spacial score (nSPS) is 11.3. The van der Waals surface area contributed by atoms with Gasteiger partial charge in [0.1, 0.15) is 5.75 Å². The molecule has 2 aromatic rings. The average molecular weight is 308 g/mol. The number of rotatable bonds is 5. The van der Waals surface area contributed by atoms with E-state index in [0.29, 0.717) is 0 Å². The van der Waals surface area contributed by atoms with Gasteiger partial charge in [-0.05, 0) is 42.5 Å². The summed E-state index contributed by atoms with van der Waals surface area (Å²) in [5.41, 5.74) is 0.123.